The highest BCUT2D eigenvalue weighted by Crippen LogP contribution is 2.37. The van der Waals surface area contributed by atoms with E-state index in [9.17, 15) is 18.3 Å². The zero-order chi connectivity index (χ0) is 11.9. The lowest BCUT2D eigenvalue weighted by Gasteiger charge is -2.44. The molecule has 1 fully saturated rings. The van der Waals surface area contributed by atoms with Crippen LogP contribution < -0.4 is 4.90 Å². The van der Waals surface area contributed by atoms with E-state index in [4.69, 9.17) is 0 Å². The van der Waals surface area contributed by atoms with Crippen LogP contribution in [-0.4, -0.2) is 33.8 Å². The number of rotatable bonds is 1. The standard InChI is InChI=1S/C9H10F3N3O/c1-5-7(16)3-15(5)8-6(9(10,11)12)2-13-4-14-8/h2,4-5,7,16H,3H2,1H3/t5-,7+/m0/s1. The Morgan fingerprint density at radius 1 is 1.50 bits per heavy atom. The molecule has 1 aliphatic rings. The van der Waals surface area contributed by atoms with Crippen molar-refractivity contribution in [3.8, 4) is 0 Å². The lowest BCUT2D eigenvalue weighted by Crippen LogP contribution is -2.59. The molecule has 0 spiro atoms. The minimum atomic E-state index is -4.48. The largest absolute Gasteiger partial charge is 0.421 e. The number of alkyl halides is 3. The number of hydrogen-bond donors (Lipinski definition) is 1. The van der Waals surface area contributed by atoms with Crippen molar-refractivity contribution in [2.45, 2.75) is 25.2 Å². The average molecular weight is 233 g/mol. The average Bonchev–Trinajstić information content (AvgIpc) is 2.24. The first-order valence-corrected chi connectivity index (χ1v) is 4.73. The van der Waals surface area contributed by atoms with Gasteiger partial charge in [-0.1, -0.05) is 0 Å². The van der Waals surface area contributed by atoms with Crippen LogP contribution in [0.15, 0.2) is 12.5 Å². The number of aliphatic hydroxyl groups is 1. The molecule has 88 valence electrons. The van der Waals surface area contributed by atoms with Crippen LogP contribution in [0.1, 0.15) is 12.5 Å². The molecule has 2 rings (SSSR count). The first-order chi connectivity index (χ1) is 7.41. The van der Waals surface area contributed by atoms with Crippen molar-refractivity contribution in [2.75, 3.05) is 11.4 Å². The van der Waals surface area contributed by atoms with Crippen LogP contribution >= 0.6 is 0 Å². The second kappa shape index (κ2) is 3.58. The summed E-state index contributed by atoms with van der Waals surface area (Å²) in [6.07, 6.45) is -3.26. The summed E-state index contributed by atoms with van der Waals surface area (Å²) in [4.78, 5) is 8.42. The molecule has 0 radical (unpaired) electrons. The van der Waals surface area contributed by atoms with Crippen molar-refractivity contribution in [3.63, 3.8) is 0 Å². The van der Waals surface area contributed by atoms with E-state index in [1.54, 1.807) is 6.92 Å². The van der Waals surface area contributed by atoms with E-state index in [0.717, 1.165) is 12.5 Å². The monoisotopic (exact) mass is 233 g/mol. The van der Waals surface area contributed by atoms with Crippen LogP contribution in [0.5, 0.6) is 0 Å². The van der Waals surface area contributed by atoms with Crippen molar-refractivity contribution in [1.82, 2.24) is 9.97 Å². The van der Waals surface area contributed by atoms with E-state index in [0.29, 0.717) is 0 Å². The Labute approximate surface area is 89.7 Å². The van der Waals surface area contributed by atoms with Gasteiger partial charge in [-0.25, -0.2) is 9.97 Å². The van der Waals surface area contributed by atoms with Gasteiger partial charge in [0.2, 0.25) is 0 Å². The molecule has 4 nitrogen and oxygen atoms in total. The van der Waals surface area contributed by atoms with Gasteiger partial charge in [0, 0.05) is 12.7 Å². The van der Waals surface area contributed by atoms with Crippen molar-refractivity contribution < 1.29 is 18.3 Å². The van der Waals surface area contributed by atoms with Gasteiger partial charge in [0.15, 0.2) is 0 Å². The lowest BCUT2D eigenvalue weighted by molar-refractivity contribution is -0.137. The van der Waals surface area contributed by atoms with Crippen molar-refractivity contribution in [3.05, 3.63) is 18.1 Å². The van der Waals surface area contributed by atoms with Gasteiger partial charge in [-0.15, -0.1) is 0 Å². The van der Waals surface area contributed by atoms with Crippen molar-refractivity contribution in [2.24, 2.45) is 0 Å². The first kappa shape index (κ1) is 11.1. The highest BCUT2D eigenvalue weighted by Gasteiger charge is 2.42. The molecule has 2 heterocycles. The Hall–Kier alpha value is -1.37. The van der Waals surface area contributed by atoms with Crippen LogP contribution in [0.4, 0.5) is 19.0 Å². The maximum Gasteiger partial charge on any atom is 0.421 e. The topological polar surface area (TPSA) is 49.2 Å². The van der Waals surface area contributed by atoms with E-state index in [1.807, 2.05) is 0 Å². The maximum atomic E-state index is 12.6. The number of aliphatic hydroxyl groups excluding tert-OH is 1. The number of halogens is 3. The third kappa shape index (κ3) is 1.71. The molecule has 1 N–H and O–H groups in total. The van der Waals surface area contributed by atoms with Gasteiger partial charge < -0.3 is 10.0 Å². The maximum absolute atomic E-state index is 12.6. The van der Waals surface area contributed by atoms with Gasteiger partial charge in [0.05, 0.1) is 12.1 Å². The Kier molecular flexibility index (Phi) is 2.49. The molecule has 0 bridgehead atoms. The molecule has 0 amide bonds. The smallest absolute Gasteiger partial charge is 0.389 e. The van der Waals surface area contributed by atoms with Crippen LogP contribution in [0.3, 0.4) is 0 Å². The molecule has 0 unspecified atom stereocenters. The first-order valence-electron chi connectivity index (χ1n) is 4.73. The molecule has 1 aromatic rings. The predicted molar refractivity (Wildman–Crippen MR) is 49.8 cm³/mol. The van der Waals surface area contributed by atoms with Crippen LogP contribution in [-0.2, 0) is 6.18 Å². The van der Waals surface area contributed by atoms with Crippen LogP contribution in [0.25, 0.3) is 0 Å². The van der Waals surface area contributed by atoms with Crippen LogP contribution in [0, 0.1) is 0 Å². The minimum Gasteiger partial charge on any atom is -0.389 e. The zero-order valence-corrected chi connectivity index (χ0v) is 8.44. The molecular weight excluding hydrogens is 223 g/mol. The predicted octanol–water partition coefficient (Wildman–Crippen LogP) is 1.06. The molecule has 1 aliphatic heterocycles. The van der Waals surface area contributed by atoms with Gasteiger partial charge in [-0.05, 0) is 6.92 Å². The van der Waals surface area contributed by atoms with Crippen molar-refractivity contribution in [1.29, 1.82) is 0 Å². The Bertz CT molecular complexity index is 396. The van der Waals surface area contributed by atoms with E-state index in [-0.39, 0.29) is 18.4 Å². The molecule has 0 aliphatic carbocycles. The number of nitrogens with zero attached hydrogens (tertiary/aromatic N) is 3. The quantitative estimate of drug-likeness (QED) is 0.788. The van der Waals surface area contributed by atoms with Crippen molar-refractivity contribution >= 4 is 5.82 Å². The van der Waals surface area contributed by atoms with Gasteiger partial charge in [-0.2, -0.15) is 13.2 Å². The molecule has 0 saturated carbocycles. The molecule has 1 saturated heterocycles. The summed E-state index contributed by atoms with van der Waals surface area (Å²) in [6.45, 7) is 1.82. The molecule has 16 heavy (non-hydrogen) atoms. The summed E-state index contributed by atoms with van der Waals surface area (Å²) >= 11 is 0. The van der Waals surface area contributed by atoms with E-state index in [2.05, 4.69) is 9.97 Å². The fourth-order valence-corrected chi connectivity index (χ4v) is 1.62. The second-order valence-corrected chi connectivity index (χ2v) is 3.72. The third-order valence-electron chi connectivity index (χ3n) is 2.70. The van der Waals surface area contributed by atoms with E-state index < -0.39 is 17.8 Å². The molecule has 7 heteroatoms. The summed E-state index contributed by atoms with van der Waals surface area (Å²) in [5, 5.41) is 9.28. The van der Waals surface area contributed by atoms with E-state index >= 15 is 0 Å². The number of β-amino-alcohol motifs (C(OH)–C–C–N with tert-alkyl or cyclic N) is 1. The minimum absolute atomic E-state index is 0.166. The molecule has 2 atom stereocenters. The normalized spacial score (nSPS) is 25.4. The van der Waals surface area contributed by atoms with Gasteiger partial charge in [0.1, 0.15) is 17.7 Å². The molecular formula is C9H10F3N3O. The van der Waals surface area contributed by atoms with Gasteiger partial charge >= 0.3 is 6.18 Å². The highest BCUT2D eigenvalue weighted by molar-refractivity contribution is 5.51. The number of aromatic nitrogens is 2. The zero-order valence-electron chi connectivity index (χ0n) is 8.44. The van der Waals surface area contributed by atoms with E-state index in [1.165, 1.54) is 4.90 Å². The SMILES string of the molecule is C[C@H]1[C@H](O)CN1c1ncncc1C(F)(F)F. The second-order valence-electron chi connectivity index (χ2n) is 3.72. The fourth-order valence-electron chi connectivity index (χ4n) is 1.62. The van der Waals surface area contributed by atoms with Gasteiger partial charge in [-0.3, -0.25) is 0 Å². The molecule has 0 aromatic carbocycles. The number of hydrogen-bond acceptors (Lipinski definition) is 4. The van der Waals surface area contributed by atoms with Crippen LogP contribution in [0.2, 0.25) is 0 Å². The summed E-state index contributed by atoms with van der Waals surface area (Å²) in [7, 11) is 0. The summed E-state index contributed by atoms with van der Waals surface area (Å²) in [5.74, 6) is -0.166. The number of anilines is 1. The highest BCUT2D eigenvalue weighted by atomic mass is 19.4. The fraction of sp³-hybridized carbons (Fsp3) is 0.556. The lowest BCUT2D eigenvalue weighted by atomic mass is 10.0. The Morgan fingerprint density at radius 3 is 2.69 bits per heavy atom. The Morgan fingerprint density at radius 2 is 2.19 bits per heavy atom. The third-order valence-corrected chi connectivity index (χ3v) is 2.70. The van der Waals surface area contributed by atoms with Gasteiger partial charge in [0.25, 0.3) is 0 Å². The summed E-state index contributed by atoms with van der Waals surface area (Å²) in [6, 6.07) is -0.351. The Balaban J connectivity index is 2.35. The molecule has 1 aromatic heterocycles. The summed E-state index contributed by atoms with van der Waals surface area (Å²) < 4.78 is 37.9. The summed E-state index contributed by atoms with van der Waals surface area (Å²) in [5.41, 5.74) is -0.867.